The first kappa shape index (κ1) is 15.9. The van der Waals surface area contributed by atoms with E-state index in [1.54, 1.807) is 7.05 Å². The van der Waals surface area contributed by atoms with Crippen LogP contribution >= 0.6 is 0 Å². The number of carbonyl (C=O) groups is 2. The van der Waals surface area contributed by atoms with E-state index in [1.807, 2.05) is 4.90 Å². The van der Waals surface area contributed by atoms with E-state index in [9.17, 15) is 9.59 Å². The summed E-state index contributed by atoms with van der Waals surface area (Å²) in [5, 5.41) is 2.60. The van der Waals surface area contributed by atoms with Crippen LogP contribution in [0.15, 0.2) is 0 Å². The van der Waals surface area contributed by atoms with E-state index in [1.165, 1.54) is 0 Å². The first-order valence-electron chi connectivity index (χ1n) is 6.91. The molecule has 1 saturated heterocycles. The number of nitrogens with one attached hydrogen (secondary N) is 1. The van der Waals surface area contributed by atoms with Gasteiger partial charge in [0.05, 0.1) is 12.6 Å². The van der Waals surface area contributed by atoms with Gasteiger partial charge in [0.1, 0.15) is 0 Å². The largest absolute Gasteiger partial charge is 0.358 e. The fourth-order valence-electron chi connectivity index (χ4n) is 2.25. The van der Waals surface area contributed by atoms with Gasteiger partial charge >= 0.3 is 0 Å². The zero-order valence-electron chi connectivity index (χ0n) is 12.2. The third-order valence-electron chi connectivity index (χ3n) is 3.37. The van der Waals surface area contributed by atoms with Crippen molar-refractivity contribution >= 4 is 11.8 Å². The number of piperazine rings is 1. The highest BCUT2D eigenvalue weighted by atomic mass is 16.2. The maximum atomic E-state index is 12.1. The Labute approximate surface area is 115 Å². The van der Waals surface area contributed by atoms with Gasteiger partial charge in [0.2, 0.25) is 11.8 Å². The van der Waals surface area contributed by atoms with Gasteiger partial charge in [-0.1, -0.05) is 13.8 Å². The standard InChI is InChI=1S/C13H26N4O2/c1-10(2)8-11(14)13(19)17-6-4-16(5-7-17)9-12(18)15-3/h10-11H,4-9,14H2,1-3H3,(H,15,18)/t11-/m0/s1. The average Bonchev–Trinajstić information content (AvgIpc) is 2.37. The molecule has 1 fully saturated rings. The molecule has 0 aliphatic carbocycles. The predicted octanol–water partition coefficient (Wildman–Crippen LogP) is -0.750. The number of carbonyl (C=O) groups excluding carboxylic acids is 2. The molecule has 0 bridgehead atoms. The van der Waals surface area contributed by atoms with E-state index in [-0.39, 0.29) is 11.8 Å². The molecule has 6 nitrogen and oxygen atoms in total. The number of likely N-dealkylation sites (N-methyl/N-ethyl adjacent to an activating group) is 1. The summed E-state index contributed by atoms with van der Waals surface area (Å²) in [6.07, 6.45) is 0.720. The number of nitrogens with zero attached hydrogens (tertiary/aromatic N) is 2. The van der Waals surface area contributed by atoms with Gasteiger partial charge in [-0.2, -0.15) is 0 Å². The summed E-state index contributed by atoms with van der Waals surface area (Å²) in [5.74, 6) is 0.470. The highest BCUT2D eigenvalue weighted by Crippen LogP contribution is 2.08. The SMILES string of the molecule is CNC(=O)CN1CCN(C(=O)[C@@H](N)CC(C)C)CC1. The Hall–Kier alpha value is -1.14. The molecule has 2 amide bonds. The molecule has 0 saturated carbocycles. The second-order valence-electron chi connectivity index (χ2n) is 5.51. The maximum Gasteiger partial charge on any atom is 0.239 e. The lowest BCUT2D eigenvalue weighted by Gasteiger charge is -2.35. The fraction of sp³-hybridized carbons (Fsp3) is 0.846. The van der Waals surface area contributed by atoms with Crippen LogP contribution in [0.4, 0.5) is 0 Å². The molecule has 6 heteroatoms. The van der Waals surface area contributed by atoms with Crippen molar-refractivity contribution < 1.29 is 9.59 Å². The monoisotopic (exact) mass is 270 g/mol. The molecular formula is C13H26N4O2. The second kappa shape index (κ2) is 7.45. The minimum Gasteiger partial charge on any atom is -0.358 e. The van der Waals surface area contributed by atoms with Crippen LogP contribution in [0.1, 0.15) is 20.3 Å². The van der Waals surface area contributed by atoms with Gasteiger partial charge in [-0.05, 0) is 12.3 Å². The molecule has 0 spiro atoms. The van der Waals surface area contributed by atoms with Crippen LogP contribution in [0.3, 0.4) is 0 Å². The molecule has 0 radical (unpaired) electrons. The topological polar surface area (TPSA) is 78.7 Å². The highest BCUT2D eigenvalue weighted by molar-refractivity contribution is 5.82. The molecule has 0 aromatic carbocycles. The van der Waals surface area contributed by atoms with Crippen LogP contribution in [-0.4, -0.2) is 67.4 Å². The molecule has 1 rings (SSSR count). The van der Waals surface area contributed by atoms with Crippen LogP contribution in [0.2, 0.25) is 0 Å². The first-order chi connectivity index (χ1) is 8.93. The van der Waals surface area contributed by atoms with Crippen molar-refractivity contribution in [2.45, 2.75) is 26.3 Å². The van der Waals surface area contributed by atoms with Gasteiger partial charge in [0, 0.05) is 33.2 Å². The summed E-state index contributed by atoms with van der Waals surface area (Å²) in [7, 11) is 1.63. The average molecular weight is 270 g/mol. The van der Waals surface area contributed by atoms with E-state index in [0.29, 0.717) is 25.6 Å². The predicted molar refractivity (Wildman–Crippen MR) is 74.5 cm³/mol. The van der Waals surface area contributed by atoms with Gasteiger partial charge in [-0.25, -0.2) is 0 Å². The van der Waals surface area contributed by atoms with E-state index in [0.717, 1.165) is 19.5 Å². The Bertz CT molecular complexity index is 312. The molecule has 1 atom stereocenters. The van der Waals surface area contributed by atoms with E-state index < -0.39 is 6.04 Å². The summed E-state index contributed by atoms with van der Waals surface area (Å²) in [4.78, 5) is 27.3. The normalized spacial score (nSPS) is 18.5. The van der Waals surface area contributed by atoms with Gasteiger partial charge in [-0.3, -0.25) is 14.5 Å². The van der Waals surface area contributed by atoms with E-state index >= 15 is 0 Å². The number of hydrogen-bond acceptors (Lipinski definition) is 4. The third kappa shape index (κ3) is 5.16. The summed E-state index contributed by atoms with van der Waals surface area (Å²) in [6, 6.07) is -0.398. The van der Waals surface area contributed by atoms with Gasteiger partial charge in [0.15, 0.2) is 0 Å². The first-order valence-corrected chi connectivity index (χ1v) is 6.91. The van der Waals surface area contributed by atoms with Crippen molar-refractivity contribution in [3.05, 3.63) is 0 Å². The number of amides is 2. The molecular weight excluding hydrogens is 244 g/mol. The fourth-order valence-corrected chi connectivity index (χ4v) is 2.25. The Balaban J connectivity index is 2.36. The summed E-state index contributed by atoms with van der Waals surface area (Å²) in [5.41, 5.74) is 5.92. The van der Waals surface area contributed by atoms with Crippen molar-refractivity contribution in [2.24, 2.45) is 11.7 Å². The second-order valence-corrected chi connectivity index (χ2v) is 5.51. The molecule has 1 aliphatic heterocycles. The number of hydrogen-bond donors (Lipinski definition) is 2. The van der Waals surface area contributed by atoms with Crippen LogP contribution in [-0.2, 0) is 9.59 Å². The van der Waals surface area contributed by atoms with Crippen LogP contribution in [0.25, 0.3) is 0 Å². The number of nitrogens with two attached hydrogens (primary N) is 1. The van der Waals surface area contributed by atoms with Crippen LogP contribution in [0.5, 0.6) is 0 Å². The Morgan fingerprint density at radius 2 is 1.79 bits per heavy atom. The minimum absolute atomic E-state index is 0.0104. The summed E-state index contributed by atoms with van der Waals surface area (Å²) >= 11 is 0. The van der Waals surface area contributed by atoms with Gasteiger partial charge in [-0.15, -0.1) is 0 Å². The van der Waals surface area contributed by atoms with Crippen LogP contribution in [0, 0.1) is 5.92 Å². The van der Waals surface area contributed by atoms with Crippen molar-refractivity contribution in [3.8, 4) is 0 Å². The smallest absolute Gasteiger partial charge is 0.239 e. The Morgan fingerprint density at radius 3 is 2.26 bits per heavy atom. The summed E-state index contributed by atoms with van der Waals surface area (Å²) in [6.45, 7) is 7.30. The molecule has 3 N–H and O–H groups in total. The van der Waals surface area contributed by atoms with E-state index in [4.69, 9.17) is 5.73 Å². The van der Waals surface area contributed by atoms with Crippen LogP contribution < -0.4 is 11.1 Å². The Morgan fingerprint density at radius 1 is 1.21 bits per heavy atom. The lowest BCUT2D eigenvalue weighted by molar-refractivity contribution is -0.135. The maximum absolute atomic E-state index is 12.1. The lowest BCUT2D eigenvalue weighted by atomic mass is 10.0. The summed E-state index contributed by atoms with van der Waals surface area (Å²) < 4.78 is 0. The molecule has 110 valence electrons. The molecule has 0 aromatic heterocycles. The van der Waals surface area contributed by atoms with Gasteiger partial charge in [0.25, 0.3) is 0 Å². The lowest BCUT2D eigenvalue weighted by Crippen LogP contribution is -2.54. The molecule has 1 heterocycles. The Kier molecular flexibility index (Phi) is 6.24. The minimum atomic E-state index is -0.398. The third-order valence-corrected chi connectivity index (χ3v) is 3.37. The number of rotatable bonds is 5. The quantitative estimate of drug-likeness (QED) is 0.689. The molecule has 19 heavy (non-hydrogen) atoms. The zero-order chi connectivity index (χ0) is 14.4. The van der Waals surface area contributed by atoms with Gasteiger partial charge < -0.3 is 16.0 Å². The molecule has 0 aromatic rings. The van der Waals surface area contributed by atoms with Crippen molar-refractivity contribution in [3.63, 3.8) is 0 Å². The highest BCUT2D eigenvalue weighted by Gasteiger charge is 2.26. The van der Waals surface area contributed by atoms with Crippen molar-refractivity contribution in [1.29, 1.82) is 0 Å². The molecule has 0 unspecified atom stereocenters. The molecule has 1 aliphatic rings. The van der Waals surface area contributed by atoms with Crippen molar-refractivity contribution in [1.82, 2.24) is 15.1 Å². The zero-order valence-corrected chi connectivity index (χ0v) is 12.2. The van der Waals surface area contributed by atoms with E-state index in [2.05, 4.69) is 24.1 Å². The van der Waals surface area contributed by atoms with Crippen molar-refractivity contribution in [2.75, 3.05) is 39.8 Å².